The number of hydrogen-bond acceptors (Lipinski definition) is 4. The molecule has 6 aromatic carbocycles. The highest BCUT2D eigenvalue weighted by Crippen LogP contribution is 2.38. The Balaban J connectivity index is 0.00000224. The van der Waals surface area contributed by atoms with Crippen molar-refractivity contribution < 1.29 is 33.9 Å². The van der Waals surface area contributed by atoms with Crippen LogP contribution < -0.4 is 43.7 Å². The van der Waals surface area contributed by atoms with Crippen molar-refractivity contribution >= 4 is 67.1 Å². The number of anilines is 2. The molecule has 0 aliphatic rings. The van der Waals surface area contributed by atoms with Crippen molar-refractivity contribution in [2.45, 2.75) is 13.8 Å². The number of aromatic nitrogens is 4. The Morgan fingerprint density at radius 2 is 1.00 bits per heavy atom. The lowest BCUT2D eigenvalue weighted by Crippen LogP contribution is -3.00. The minimum absolute atomic E-state index is 0. The molecule has 0 unspecified atom stereocenters. The topological polar surface area (TPSA) is 40.0 Å². The van der Waals surface area contributed by atoms with Crippen molar-refractivity contribution in [2.24, 2.45) is 0 Å². The van der Waals surface area contributed by atoms with Gasteiger partial charge in [0.25, 0.3) is 0 Å². The number of rotatable bonds is 5. The van der Waals surface area contributed by atoms with E-state index in [9.17, 15) is 0 Å². The van der Waals surface area contributed by atoms with E-state index in [0.29, 0.717) is 0 Å². The van der Waals surface area contributed by atoms with Gasteiger partial charge < -0.3 is 34.6 Å². The lowest BCUT2D eigenvalue weighted by molar-refractivity contribution is -0.538. The number of hydrogen-bond donors (Lipinski definition) is 0. The second kappa shape index (κ2) is 14.0. The van der Waals surface area contributed by atoms with Gasteiger partial charge in [-0.25, -0.2) is 9.97 Å². The zero-order chi connectivity index (χ0) is 34.0. The van der Waals surface area contributed by atoms with Crippen LogP contribution in [0.3, 0.4) is 0 Å². The zero-order valence-corrected chi connectivity index (χ0v) is 31.6. The van der Waals surface area contributed by atoms with Gasteiger partial charge in [0.05, 0.1) is 10.7 Å². The van der Waals surface area contributed by atoms with Gasteiger partial charge in [-0.3, -0.25) is 0 Å². The molecule has 6 nitrogen and oxygen atoms in total. The van der Waals surface area contributed by atoms with Crippen LogP contribution in [0, 0.1) is 13.8 Å². The van der Waals surface area contributed by atoms with Gasteiger partial charge in [-0.15, -0.1) is 9.13 Å². The summed E-state index contributed by atoms with van der Waals surface area (Å²) in [6.07, 6.45) is 0. The third-order valence-electron chi connectivity index (χ3n) is 9.39. The number of nitrogens with zero attached hydrogens (tertiary/aromatic N) is 6. The quantitative estimate of drug-likeness (QED) is 0.202. The van der Waals surface area contributed by atoms with Crippen LogP contribution >= 0.6 is 11.6 Å². The van der Waals surface area contributed by atoms with Gasteiger partial charge in [0.15, 0.2) is 0 Å². The molecule has 2 aromatic heterocycles. The fraction of sp³-hybridized carbons (Fsp3) is 0.143. The number of fused-ring (bicyclic) bond motifs is 4. The molecule has 0 aliphatic carbocycles. The summed E-state index contributed by atoms with van der Waals surface area (Å²) in [5.41, 5.74) is 16.5. The average Bonchev–Trinajstić information content (AvgIpc) is 3.10. The maximum absolute atomic E-state index is 6.71. The van der Waals surface area contributed by atoms with Crippen LogP contribution in [0.2, 0.25) is 5.02 Å². The van der Waals surface area contributed by atoms with Gasteiger partial charge in [0.1, 0.15) is 22.1 Å². The second-order valence-electron chi connectivity index (χ2n) is 13.1. The monoisotopic (exact) mass is 730 g/mol. The minimum atomic E-state index is 0. The van der Waals surface area contributed by atoms with Crippen LogP contribution in [0.15, 0.2) is 115 Å². The number of para-hydroxylation sites is 2. The predicted molar refractivity (Wildman–Crippen MR) is 204 cm³/mol. The standard InChI is InChI=1S/C42H37ClN6.2ClH/c1-26-19-35-40(48(28-13-9-7-10-14-28)39-21-30(46(3)4)17-18-34(39)44-35)23-31(26)32-22-37-42(25-38(32)47(5)6)49(29-15-11-8-12-16-29)41-24-33(43)27(2)20-36(41)45-37;;/h7-25H,1-6H3;2*1H/q+2;;/p-2. The largest absolute Gasteiger partial charge is 1.00 e. The van der Waals surface area contributed by atoms with Gasteiger partial charge in [-0.2, -0.15) is 0 Å². The molecule has 51 heavy (non-hydrogen) atoms. The fourth-order valence-electron chi connectivity index (χ4n) is 6.88. The molecule has 0 atom stereocenters. The van der Waals surface area contributed by atoms with Crippen molar-refractivity contribution in [3.05, 3.63) is 131 Å². The molecule has 9 heteroatoms. The number of aryl methyl sites for hydroxylation is 2. The Bertz CT molecular complexity index is 2590. The van der Waals surface area contributed by atoms with E-state index >= 15 is 0 Å². The van der Waals surface area contributed by atoms with E-state index in [2.05, 4.69) is 157 Å². The van der Waals surface area contributed by atoms with E-state index < -0.39 is 0 Å². The molecule has 256 valence electrons. The van der Waals surface area contributed by atoms with Gasteiger partial charge in [-0.05, 0) is 60.9 Å². The van der Waals surface area contributed by atoms with E-state index in [1.165, 1.54) is 0 Å². The average molecular weight is 732 g/mol. The minimum Gasteiger partial charge on any atom is -1.00 e. The van der Waals surface area contributed by atoms with Crippen molar-refractivity contribution in [2.75, 3.05) is 38.0 Å². The number of benzene rings is 6. The van der Waals surface area contributed by atoms with Crippen LogP contribution in [0.4, 0.5) is 11.4 Å². The van der Waals surface area contributed by atoms with Gasteiger partial charge in [0.2, 0.25) is 33.4 Å². The van der Waals surface area contributed by atoms with Crippen LogP contribution in [-0.4, -0.2) is 38.2 Å². The lowest BCUT2D eigenvalue weighted by Gasteiger charge is -2.20. The molecular formula is C42H37Cl3N6. The van der Waals surface area contributed by atoms with Gasteiger partial charge >= 0.3 is 0 Å². The smallest absolute Gasteiger partial charge is 0.239 e. The van der Waals surface area contributed by atoms with E-state index in [4.69, 9.17) is 21.6 Å². The van der Waals surface area contributed by atoms with Crippen LogP contribution in [0.5, 0.6) is 0 Å². The second-order valence-corrected chi connectivity index (χ2v) is 13.5. The summed E-state index contributed by atoms with van der Waals surface area (Å²) in [6.45, 7) is 4.20. The first-order valence-electron chi connectivity index (χ1n) is 16.4. The summed E-state index contributed by atoms with van der Waals surface area (Å²) >= 11 is 6.71. The first kappa shape index (κ1) is 35.8. The van der Waals surface area contributed by atoms with Crippen LogP contribution in [0.1, 0.15) is 11.1 Å². The highest BCUT2D eigenvalue weighted by atomic mass is 35.5. The summed E-state index contributed by atoms with van der Waals surface area (Å²) in [4.78, 5) is 14.8. The van der Waals surface area contributed by atoms with Crippen molar-refractivity contribution in [1.82, 2.24) is 9.97 Å². The SMILES string of the molecule is Cc1cc2nc3cc(-c4cc5c(cc4C)nc4ccc(N(C)C)cc4[n+]5-c4ccccc4)c(N(C)C)cc3[n+](-c3ccccc3)c2cc1Cl.[Cl-].[Cl-]. The summed E-state index contributed by atoms with van der Waals surface area (Å²) in [7, 11) is 8.34. The Morgan fingerprint density at radius 1 is 0.490 bits per heavy atom. The molecule has 0 amide bonds. The third-order valence-corrected chi connectivity index (χ3v) is 9.80. The molecule has 0 spiro atoms. The van der Waals surface area contributed by atoms with Crippen molar-refractivity contribution in [1.29, 1.82) is 0 Å². The molecule has 0 radical (unpaired) electrons. The first-order chi connectivity index (χ1) is 23.7. The van der Waals surface area contributed by atoms with Crippen LogP contribution in [0.25, 0.3) is 66.6 Å². The Labute approximate surface area is 315 Å². The van der Waals surface area contributed by atoms with E-state index in [-0.39, 0.29) is 24.8 Å². The highest BCUT2D eigenvalue weighted by molar-refractivity contribution is 6.32. The Hall–Kier alpha value is -5.01. The first-order valence-corrected chi connectivity index (χ1v) is 16.8. The summed E-state index contributed by atoms with van der Waals surface area (Å²) in [5.74, 6) is 0. The van der Waals surface area contributed by atoms with E-state index in [0.717, 1.165) is 94.2 Å². The predicted octanol–water partition coefficient (Wildman–Crippen LogP) is 2.72. The van der Waals surface area contributed by atoms with Crippen molar-refractivity contribution in [3.63, 3.8) is 0 Å². The molecule has 0 bridgehead atoms. The zero-order valence-electron chi connectivity index (χ0n) is 29.3. The molecule has 8 rings (SSSR count). The molecule has 0 fully saturated rings. The van der Waals surface area contributed by atoms with E-state index in [1.54, 1.807) is 0 Å². The molecular weight excluding hydrogens is 695 g/mol. The molecule has 2 heterocycles. The highest BCUT2D eigenvalue weighted by Gasteiger charge is 2.26. The van der Waals surface area contributed by atoms with E-state index in [1.807, 2.05) is 19.1 Å². The Morgan fingerprint density at radius 3 is 1.59 bits per heavy atom. The van der Waals surface area contributed by atoms with Crippen molar-refractivity contribution in [3.8, 4) is 22.5 Å². The van der Waals surface area contributed by atoms with Crippen LogP contribution in [-0.2, 0) is 0 Å². The summed E-state index contributed by atoms with van der Waals surface area (Å²) in [6, 6.07) is 40.6. The third kappa shape index (κ3) is 6.18. The molecule has 0 saturated heterocycles. The molecule has 0 aliphatic heterocycles. The molecule has 0 saturated carbocycles. The van der Waals surface area contributed by atoms with Gasteiger partial charge in [-0.1, -0.05) is 48.0 Å². The summed E-state index contributed by atoms with van der Waals surface area (Å²) < 4.78 is 4.61. The lowest BCUT2D eigenvalue weighted by atomic mass is 9.96. The summed E-state index contributed by atoms with van der Waals surface area (Å²) in [5, 5.41) is 0.722. The van der Waals surface area contributed by atoms with Gasteiger partial charge in [0, 0.05) is 88.0 Å². The molecule has 8 aromatic rings. The molecule has 0 N–H and O–H groups in total. The fourth-order valence-corrected chi connectivity index (χ4v) is 7.04. The normalized spacial score (nSPS) is 11.1. The maximum Gasteiger partial charge on any atom is 0.239 e. The maximum atomic E-state index is 6.71. The number of halogens is 3. The Kier molecular flexibility index (Phi) is 9.80.